The predicted octanol–water partition coefficient (Wildman–Crippen LogP) is 4.98. The van der Waals surface area contributed by atoms with Crippen LogP contribution in [-0.2, 0) is 0 Å². The van der Waals surface area contributed by atoms with Crippen molar-refractivity contribution in [1.29, 1.82) is 0 Å². The van der Waals surface area contributed by atoms with Gasteiger partial charge in [-0.1, -0.05) is 31.9 Å². The van der Waals surface area contributed by atoms with Crippen molar-refractivity contribution < 1.29 is 0 Å². The van der Waals surface area contributed by atoms with Crippen LogP contribution in [0.2, 0.25) is 0 Å². The van der Waals surface area contributed by atoms with Crippen LogP contribution in [0.1, 0.15) is 70.6 Å². The lowest BCUT2D eigenvalue weighted by Gasteiger charge is -2.33. The SMILES string of the molecule is CC#Cc1ccc(C(C)CC(C)N(CC)C(C)C)cc1C. The van der Waals surface area contributed by atoms with Crippen LogP contribution < -0.4 is 0 Å². The van der Waals surface area contributed by atoms with Crippen LogP contribution in [0.4, 0.5) is 0 Å². The summed E-state index contributed by atoms with van der Waals surface area (Å²) in [6.45, 7) is 16.7. The molecule has 0 bridgehead atoms. The van der Waals surface area contributed by atoms with Crippen molar-refractivity contribution in [3.05, 3.63) is 34.9 Å². The minimum absolute atomic E-state index is 0.579. The minimum Gasteiger partial charge on any atom is -0.299 e. The van der Waals surface area contributed by atoms with E-state index in [0.717, 1.165) is 12.1 Å². The van der Waals surface area contributed by atoms with Crippen molar-refractivity contribution in [3.8, 4) is 11.8 Å². The summed E-state index contributed by atoms with van der Waals surface area (Å²) in [6.07, 6.45) is 1.20. The van der Waals surface area contributed by atoms with Crippen LogP contribution in [-0.4, -0.2) is 23.5 Å². The van der Waals surface area contributed by atoms with E-state index in [1.807, 2.05) is 6.92 Å². The summed E-state index contributed by atoms with van der Waals surface area (Å²) in [7, 11) is 0. The van der Waals surface area contributed by atoms with Crippen molar-refractivity contribution in [2.75, 3.05) is 6.54 Å². The molecule has 0 fully saturated rings. The summed E-state index contributed by atoms with van der Waals surface area (Å²) >= 11 is 0. The molecular weight excluding hydrogens is 254 g/mol. The number of hydrogen-bond donors (Lipinski definition) is 0. The van der Waals surface area contributed by atoms with Crippen molar-refractivity contribution >= 4 is 0 Å². The molecule has 0 heterocycles. The van der Waals surface area contributed by atoms with E-state index in [4.69, 9.17) is 0 Å². The molecule has 1 aromatic carbocycles. The first-order chi connectivity index (χ1) is 9.90. The van der Waals surface area contributed by atoms with E-state index in [0.29, 0.717) is 18.0 Å². The number of hydrogen-bond acceptors (Lipinski definition) is 1. The molecule has 0 amide bonds. The summed E-state index contributed by atoms with van der Waals surface area (Å²) in [4.78, 5) is 2.57. The van der Waals surface area contributed by atoms with Gasteiger partial charge in [-0.15, -0.1) is 5.92 Å². The highest BCUT2D eigenvalue weighted by molar-refractivity contribution is 5.43. The highest BCUT2D eigenvalue weighted by atomic mass is 15.2. The molecule has 1 aromatic rings. The first-order valence-corrected chi connectivity index (χ1v) is 8.19. The third kappa shape index (κ3) is 4.90. The average Bonchev–Trinajstić information content (AvgIpc) is 2.41. The Bertz CT molecular complexity index is 504. The van der Waals surface area contributed by atoms with Crippen molar-refractivity contribution in [2.45, 2.75) is 72.9 Å². The van der Waals surface area contributed by atoms with Gasteiger partial charge in [-0.25, -0.2) is 0 Å². The van der Waals surface area contributed by atoms with Crippen molar-refractivity contribution in [2.24, 2.45) is 0 Å². The first-order valence-electron chi connectivity index (χ1n) is 8.19. The molecule has 1 rings (SSSR count). The van der Waals surface area contributed by atoms with E-state index in [9.17, 15) is 0 Å². The highest BCUT2D eigenvalue weighted by Crippen LogP contribution is 2.25. The number of aryl methyl sites for hydroxylation is 1. The molecule has 2 atom stereocenters. The zero-order chi connectivity index (χ0) is 16.0. The van der Waals surface area contributed by atoms with Gasteiger partial charge in [0.1, 0.15) is 0 Å². The topological polar surface area (TPSA) is 3.24 Å². The van der Waals surface area contributed by atoms with E-state index in [1.54, 1.807) is 0 Å². The Balaban J connectivity index is 2.81. The smallest absolute Gasteiger partial charge is 0.0274 e. The van der Waals surface area contributed by atoms with E-state index in [2.05, 4.69) is 76.5 Å². The standard InChI is InChI=1S/C20H31N/c1-8-10-19-11-12-20(14-17(19)6)16(5)13-18(7)21(9-2)15(3)4/h11-12,14-16,18H,9,13H2,1-7H3. The summed E-state index contributed by atoms with van der Waals surface area (Å²) in [5.74, 6) is 6.73. The monoisotopic (exact) mass is 285 g/mol. The molecule has 0 aromatic heterocycles. The Morgan fingerprint density at radius 2 is 1.81 bits per heavy atom. The maximum Gasteiger partial charge on any atom is 0.0274 e. The lowest BCUT2D eigenvalue weighted by Crippen LogP contribution is -2.39. The second kappa shape index (κ2) is 8.25. The van der Waals surface area contributed by atoms with E-state index < -0.39 is 0 Å². The minimum atomic E-state index is 0.579. The van der Waals surface area contributed by atoms with Gasteiger partial charge in [-0.05, 0) is 70.7 Å². The lowest BCUT2D eigenvalue weighted by molar-refractivity contribution is 0.160. The molecule has 0 saturated carbocycles. The molecule has 116 valence electrons. The fourth-order valence-corrected chi connectivity index (χ4v) is 3.24. The molecule has 0 N–H and O–H groups in total. The van der Waals surface area contributed by atoms with Crippen molar-refractivity contribution in [1.82, 2.24) is 4.90 Å². The highest BCUT2D eigenvalue weighted by Gasteiger charge is 2.18. The fraction of sp³-hybridized carbons (Fsp3) is 0.600. The van der Waals surface area contributed by atoms with Gasteiger partial charge in [0, 0.05) is 17.6 Å². The maximum atomic E-state index is 3.17. The van der Waals surface area contributed by atoms with Gasteiger partial charge in [-0.3, -0.25) is 4.90 Å². The zero-order valence-corrected chi connectivity index (χ0v) is 14.8. The quantitative estimate of drug-likeness (QED) is 0.666. The molecular formula is C20H31N. The first kappa shape index (κ1) is 17.8. The molecule has 0 aliphatic heterocycles. The van der Waals surface area contributed by atoms with E-state index in [1.165, 1.54) is 17.5 Å². The molecule has 0 radical (unpaired) electrons. The van der Waals surface area contributed by atoms with Crippen LogP contribution in [0.3, 0.4) is 0 Å². The summed E-state index contributed by atoms with van der Waals surface area (Å²) in [5.41, 5.74) is 3.87. The summed E-state index contributed by atoms with van der Waals surface area (Å²) in [5, 5.41) is 0. The second-order valence-corrected chi connectivity index (χ2v) is 6.36. The van der Waals surface area contributed by atoms with Crippen LogP contribution in [0.5, 0.6) is 0 Å². The van der Waals surface area contributed by atoms with Gasteiger partial charge in [0.25, 0.3) is 0 Å². The zero-order valence-electron chi connectivity index (χ0n) is 14.8. The Hall–Kier alpha value is -1.26. The van der Waals surface area contributed by atoms with Gasteiger partial charge >= 0.3 is 0 Å². The Labute approximate surface area is 131 Å². The Morgan fingerprint density at radius 3 is 2.29 bits per heavy atom. The molecule has 0 aliphatic carbocycles. The van der Waals surface area contributed by atoms with Crippen LogP contribution >= 0.6 is 0 Å². The van der Waals surface area contributed by atoms with Gasteiger partial charge in [-0.2, -0.15) is 0 Å². The van der Waals surface area contributed by atoms with Gasteiger partial charge < -0.3 is 0 Å². The van der Waals surface area contributed by atoms with Crippen LogP contribution in [0, 0.1) is 18.8 Å². The number of nitrogens with zero attached hydrogens (tertiary/aromatic N) is 1. The molecule has 0 spiro atoms. The number of benzene rings is 1. The summed E-state index contributed by atoms with van der Waals surface area (Å²) in [6, 6.07) is 7.95. The van der Waals surface area contributed by atoms with Crippen LogP contribution in [0.25, 0.3) is 0 Å². The summed E-state index contributed by atoms with van der Waals surface area (Å²) < 4.78 is 0. The maximum absolute atomic E-state index is 3.17. The van der Waals surface area contributed by atoms with Crippen LogP contribution in [0.15, 0.2) is 18.2 Å². The molecule has 2 unspecified atom stereocenters. The largest absolute Gasteiger partial charge is 0.299 e. The predicted molar refractivity (Wildman–Crippen MR) is 93.7 cm³/mol. The van der Waals surface area contributed by atoms with E-state index in [-0.39, 0.29) is 0 Å². The van der Waals surface area contributed by atoms with Gasteiger partial charge in [0.15, 0.2) is 0 Å². The lowest BCUT2D eigenvalue weighted by atomic mass is 9.91. The third-order valence-corrected chi connectivity index (χ3v) is 4.37. The molecule has 0 saturated heterocycles. The Morgan fingerprint density at radius 1 is 1.14 bits per heavy atom. The fourth-order valence-electron chi connectivity index (χ4n) is 3.24. The Kier molecular flexibility index (Phi) is 6.99. The van der Waals surface area contributed by atoms with Gasteiger partial charge in [0.05, 0.1) is 0 Å². The van der Waals surface area contributed by atoms with Gasteiger partial charge in [0.2, 0.25) is 0 Å². The molecule has 0 aliphatic rings. The normalized spacial score (nSPS) is 14.0. The molecule has 1 nitrogen and oxygen atoms in total. The second-order valence-electron chi connectivity index (χ2n) is 6.36. The molecule has 21 heavy (non-hydrogen) atoms. The number of rotatable bonds is 6. The van der Waals surface area contributed by atoms with E-state index >= 15 is 0 Å². The average molecular weight is 285 g/mol. The third-order valence-electron chi connectivity index (χ3n) is 4.37. The molecule has 1 heteroatoms. The van der Waals surface area contributed by atoms with Crippen molar-refractivity contribution in [3.63, 3.8) is 0 Å².